The highest BCUT2D eigenvalue weighted by atomic mass is 32.1. The first-order valence-electron chi connectivity index (χ1n) is 8.57. The van der Waals surface area contributed by atoms with Crippen molar-refractivity contribution in [3.8, 4) is 10.6 Å². The van der Waals surface area contributed by atoms with E-state index in [0.717, 1.165) is 47.8 Å². The Morgan fingerprint density at radius 1 is 1.32 bits per heavy atom. The first kappa shape index (κ1) is 16.2. The van der Waals surface area contributed by atoms with E-state index >= 15 is 0 Å². The van der Waals surface area contributed by atoms with Gasteiger partial charge in [-0.1, -0.05) is 6.07 Å². The number of carbonyl (C=O) groups excluding carboxylic acids is 1. The number of nitrogens with zero attached hydrogens (tertiary/aromatic N) is 4. The maximum atomic E-state index is 13.2. The first-order valence-corrected chi connectivity index (χ1v) is 9.45. The number of aromatic nitrogens is 3. The summed E-state index contributed by atoms with van der Waals surface area (Å²) in [4.78, 5) is 20.9. The minimum absolute atomic E-state index is 0.0648. The van der Waals surface area contributed by atoms with Gasteiger partial charge in [0.05, 0.1) is 27.7 Å². The molecule has 4 heterocycles. The van der Waals surface area contributed by atoms with Crippen molar-refractivity contribution in [1.82, 2.24) is 25.0 Å². The molecule has 3 aromatic rings. The summed E-state index contributed by atoms with van der Waals surface area (Å²) < 4.78 is 1.89. The van der Waals surface area contributed by atoms with Gasteiger partial charge in [0.1, 0.15) is 0 Å². The fourth-order valence-electron chi connectivity index (χ4n) is 3.16. The van der Waals surface area contributed by atoms with Crippen molar-refractivity contribution in [2.24, 2.45) is 0 Å². The molecule has 7 heteroatoms. The average Bonchev–Trinajstić information content (AvgIpc) is 3.30. The summed E-state index contributed by atoms with van der Waals surface area (Å²) >= 11 is 1.63. The van der Waals surface area contributed by atoms with E-state index in [0.29, 0.717) is 5.56 Å². The number of thiophene rings is 1. The number of rotatable bonds is 3. The molecule has 0 unspecified atom stereocenters. The van der Waals surface area contributed by atoms with Gasteiger partial charge in [0, 0.05) is 32.2 Å². The Balaban J connectivity index is 1.88. The molecule has 6 nitrogen and oxygen atoms in total. The third-order valence-corrected chi connectivity index (χ3v) is 5.36. The van der Waals surface area contributed by atoms with E-state index in [4.69, 9.17) is 4.98 Å². The Morgan fingerprint density at radius 3 is 2.80 bits per heavy atom. The van der Waals surface area contributed by atoms with Crippen LogP contribution in [0.15, 0.2) is 29.8 Å². The zero-order valence-corrected chi connectivity index (χ0v) is 15.2. The molecule has 1 saturated heterocycles. The molecule has 0 spiro atoms. The van der Waals surface area contributed by atoms with E-state index in [2.05, 4.69) is 24.3 Å². The van der Waals surface area contributed by atoms with E-state index < -0.39 is 0 Å². The Labute approximate surface area is 150 Å². The molecule has 0 aliphatic carbocycles. The van der Waals surface area contributed by atoms with Gasteiger partial charge in [0.25, 0.3) is 5.91 Å². The number of pyridine rings is 1. The van der Waals surface area contributed by atoms with Gasteiger partial charge in [0.15, 0.2) is 5.65 Å². The summed E-state index contributed by atoms with van der Waals surface area (Å²) in [5.41, 5.74) is 2.31. The number of amides is 1. The monoisotopic (exact) mass is 355 g/mol. The molecule has 1 N–H and O–H groups in total. The van der Waals surface area contributed by atoms with E-state index in [1.165, 1.54) is 0 Å². The number of carbonyl (C=O) groups is 1. The molecule has 130 valence electrons. The summed E-state index contributed by atoms with van der Waals surface area (Å²) in [6.45, 7) is 7.28. The van der Waals surface area contributed by atoms with Crippen molar-refractivity contribution in [3.05, 3.63) is 35.3 Å². The van der Waals surface area contributed by atoms with Crippen molar-refractivity contribution >= 4 is 28.3 Å². The van der Waals surface area contributed by atoms with E-state index in [1.807, 2.05) is 33.2 Å². The fraction of sp³-hybridized carbons (Fsp3) is 0.389. The van der Waals surface area contributed by atoms with Gasteiger partial charge in [-0.25, -0.2) is 9.67 Å². The topological polar surface area (TPSA) is 63.1 Å². The van der Waals surface area contributed by atoms with Crippen LogP contribution in [-0.2, 0) is 0 Å². The van der Waals surface area contributed by atoms with E-state index in [-0.39, 0.29) is 11.9 Å². The van der Waals surface area contributed by atoms with Crippen LogP contribution in [0.4, 0.5) is 0 Å². The van der Waals surface area contributed by atoms with Gasteiger partial charge in [-0.3, -0.25) is 4.79 Å². The minimum atomic E-state index is 0.0648. The third-order valence-electron chi connectivity index (χ3n) is 4.46. The summed E-state index contributed by atoms with van der Waals surface area (Å²) in [7, 11) is 0. The highest BCUT2D eigenvalue weighted by Gasteiger charge is 2.23. The SMILES string of the molecule is CC(C)n1ncc2c(C(=O)N3CCNCC3)cc(-c3cccs3)nc21. The smallest absolute Gasteiger partial charge is 0.254 e. The highest BCUT2D eigenvalue weighted by molar-refractivity contribution is 7.13. The summed E-state index contributed by atoms with van der Waals surface area (Å²) in [6.07, 6.45) is 1.77. The maximum Gasteiger partial charge on any atom is 0.254 e. The van der Waals surface area contributed by atoms with Gasteiger partial charge in [-0.15, -0.1) is 11.3 Å². The molecule has 25 heavy (non-hydrogen) atoms. The van der Waals surface area contributed by atoms with Crippen LogP contribution < -0.4 is 5.32 Å². The predicted molar refractivity (Wildman–Crippen MR) is 100.0 cm³/mol. The summed E-state index contributed by atoms with van der Waals surface area (Å²) in [5, 5.41) is 10.6. The molecule has 4 rings (SSSR count). The van der Waals surface area contributed by atoms with Crippen LogP contribution in [0.2, 0.25) is 0 Å². The molecule has 1 amide bonds. The van der Waals surface area contributed by atoms with Gasteiger partial charge in [-0.2, -0.15) is 5.10 Å². The largest absolute Gasteiger partial charge is 0.336 e. The summed E-state index contributed by atoms with van der Waals surface area (Å²) in [6, 6.07) is 6.15. The van der Waals surface area contributed by atoms with Crippen LogP contribution in [0.3, 0.4) is 0 Å². The minimum Gasteiger partial charge on any atom is -0.336 e. The van der Waals surface area contributed by atoms with E-state index in [1.54, 1.807) is 17.5 Å². The molecule has 1 fully saturated rings. The predicted octanol–water partition coefficient (Wildman–Crippen LogP) is 2.79. The molecule has 1 aliphatic rings. The average molecular weight is 355 g/mol. The Morgan fingerprint density at radius 2 is 2.12 bits per heavy atom. The van der Waals surface area contributed by atoms with Crippen LogP contribution in [-0.4, -0.2) is 51.8 Å². The van der Waals surface area contributed by atoms with Crippen LogP contribution >= 0.6 is 11.3 Å². The number of fused-ring (bicyclic) bond motifs is 1. The van der Waals surface area contributed by atoms with Crippen molar-refractivity contribution in [3.63, 3.8) is 0 Å². The number of piperazine rings is 1. The molecule has 0 atom stereocenters. The highest BCUT2D eigenvalue weighted by Crippen LogP contribution is 2.29. The lowest BCUT2D eigenvalue weighted by Crippen LogP contribution is -2.46. The molecule has 0 aromatic carbocycles. The Hall–Kier alpha value is -2.25. The zero-order valence-electron chi connectivity index (χ0n) is 14.4. The first-order chi connectivity index (χ1) is 12.1. The van der Waals surface area contributed by atoms with Crippen LogP contribution in [0.1, 0.15) is 30.2 Å². The Kier molecular flexibility index (Phi) is 4.27. The molecule has 3 aromatic heterocycles. The van der Waals surface area contributed by atoms with Gasteiger partial charge < -0.3 is 10.2 Å². The third kappa shape index (κ3) is 2.94. The number of hydrogen-bond donors (Lipinski definition) is 1. The van der Waals surface area contributed by atoms with Gasteiger partial charge in [-0.05, 0) is 31.4 Å². The second-order valence-electron chi connectivity index (χ2n) is 6.49. The summed E-state index contributed by atoms with van der Waals surface area (Å²) in [5.74, 6) is 0.0648. The zero-order chi connectivity index (χ0) is 17.4. The Bertz CT molecular complexity index is 894. The number of nitrogens with one attached hydrogen (secondary N) is 1. The van der Waals surface area contributed by atoms with Crippen molar-refractivity contribution < 1.29 is 4.79 Å². The molecule has 0 saturated carbocycles. The number of hydrogen-bond acceptors (Lipinski definition) is 5. The van der Waals surface area contributed by atoms with E-state index in [9.17, 15) is 4.79 Å². The van der Waals surface area contributed by atoms with Crippen molar-refractivity contribution in [1.29, 1.82) is 0 Å². The van der Waals surface area contributed by atoms with Crippen LogP contribution in [0, 0.1) is 0 Å². The fourth-order valence-corrected chi connectivity index (χ4v) is 3.85. The molecule has 0 bridgehead atoms. The van der Waals surface area contributed by atoms with Crippen LogP contribution in [0.5, 0.6) is 0 Å². The lowest BCUT2D eigenvalue weighted by Gasteiger charge is -2.27. The molecule has 1 aliphatic heterocycles. The van der Waals surface area contributed by atoms with Crippen LogP contribution in [0.25, 0.3) is 21.6 Å². The maximum absolute atomic E-state index is 13.2. The van der Waals surface area contributed by atoms with Gasteiger partial charge in [0.2, 0.25) is 0 Å². The standard InChI is InChI=1S/C18H21N5OS/c1-12(2)23-17-14(11-20-23)13(18(24)22-7-5-19-6-8-22)10-15(21-17)16-4-3-9-25-16/h3-4,9-12,19H,5-8H2,1-2H3. The van der Waals surface area contributed by atoms with Gasteiger partial charge >= 0.3 is 0 Å². The molecular weight excluding hydrogens is 334 g/mol. The normalized spacial score (nSPS) is 15.2. The lowest BCUT2D eigenvalue weighted by atomic mass is 10.1. The van der Waals surface area contributed by atoms with Crippen molar-refractivity contribution in [2.75, 3.05) is 26.2 Å². The van der Waals surface area contributed by atoms with Crippen molar-refractivity contribution in [2.45, 2.75) is 19.9 Å². The lowest BCUT2D eigenvalue weighted by molar-refractivity contribution is 0.0738. The second kappa shape index (κ2) is 6.57. The second-order valence-corrected chi connectivity index (χ2v) is 7.44. The molecular formula is C18H21N5OS. The molecule has 0 radical (unpaired) electrons. The quantitative estimate of drug-likeness (QED) is 0.785.